The van der Waals surface area contributed by atoms with Crippen LogP contribution in [0.25, 0.3) is 11.1 Å². The zero-order valence-corrected chi connectivity index (χ0v) is 17.2. The summed E-state index contributed by atoms with van der Waals surface area (Å²) in [6.45, 7) is 8.13. The highest BCUT2D eigenvalue weighted by Crippen LogP contribution is 2.45. The zero-order chi connectivity index (χ0) is 20.1. The molecule has 3 nitrogen and oxygen atoms in total. The van der Waals surface area contributed by atoms with Gasteiger partial charge in [-0.25, -0.2) is 0 Å². The number of Topliss-reactive ketones (excluding diaryl/α,β-unsaturated/α-hetero) is 2. The predicted octanol–water partition coefficient (Wildman–Crippen LogP) is 4.96. The van der Waals surface area contributed by atoms with Crippen LogP contribution in [0.1, 0.15) is 61.8 Å². The monoisotopic (exact) mass is 376 g/mol. The van der Waals surface area contributed by atoms with Crippen molar-refractivity contribution in [3.8, 4) is 11.1 Å². The Labute approximate surface area is 167 Å². The minimum absolute atomic E-state index is 0.0486. The Hall–Kier alpha value is -2.26. The molecule has 146 valence electrons. The minimum atomic E-state index is -0.811. The molecule has 28 heavy (non-hydrogen) atoms. The van der Waals surface area contributed by atoms with E-state index in [1.807, 2.05) is 6.92 Å². The minimum Gasteiger partial charge on any atom is -0.356 e. The van der Waals surface area contributed by atoms with Gasteiger partial charge in [0, 0.05) is 0 Å². The van der Waals surface area contributed by atoms with E-state index in [-0.39, 0.29) is 11.6 Å². The summed E-state index contributed by atoms with van der Waals surface area (Å²) < 4.78 is 5.81. The van der Waals surface area contributed by atoms with E-state index in [9.17, 15) is 9.59 Å². The van der Waals surface area contributed by atoms with Gasteiger partial charge in [0.25, 0.3) is 0 Å². The van der Waals surface area contributed by atoms with Gasteiger partial charge in [-0.1, -0.05) is 55.8 Å². The molecule has 3 heteroatoms. The molecule has 0 saturated carbocycles. The van der Waals surface area contributed by atoms with E-state index in [4.69, 9.17) is 4.74 Å². The first-order chi connectivity index (χ1) is 13.4. The highest BCUT2D eigenvalue weighted by molar-refractivity contribution is 6.15. The van der Waals surface area contributed by atoms with Crippen LogP contribution >= 0.6 is 0 Å². The maximum atomic E-state index is 13.3. The van der Waals surface area contributed by atoms with Crippen LogP contribution < -0.4 is 0 Å². The molecule has 2 heterocycles. The smallest absolute Gasteiger partial charge is 0.179 e. The molecular weight excluding hydrogens is 348 g/mol. The molecule has 2 aliphatic rings. The number of benzene rings is 2. The van der Waals surface area contributed by atoms with Crippen molar-refractivity contribution in [3.63, 3.8) is 0 Å². The standard InChI is InChI=1S/C25H28O3/c1-5-16-13-19(18-9-7-15(3)8-10-18)14-17(6-2)21(16)22-23(26)20-11-12-25(4,28-20)24(22)27/h7-10,13-14,20,22H,5-6,11-12H2,1-4H3/t20-,22?,25+/m0/s1. The lowest BCUT2D eigenvalue weighted by molar-refractivity contribution is -0.160. The first-order valence-corrected chi connectivity index (χ1v) is 10.4. The number of hydrogen-bond acceptors (Lipinski definition) is 3. The summed E-state index contributed by atoms with van der Waals surface area (Å²) in [5.41, 5.74) is 5.88. The molecule has 2 fully saturated rings. The first kappa shape index (κ1) is 19.1. The maximum Gasteiger partial charge on any atom is 0.179 e. The Bertz CT molecular complexity index is 916. The molecule has 2 aliphatic heterocycles. The summed E-state index contributed by atoms with van der Waals surface area (Å²) in [4.78, 5) is 26.4. The first-order valence-electron chi connectivity index (χ1n) is 10.4. The largest absolute Gasteiger partial charge is 0.356 e. The summed E-state index contributed by atoms with van der Waals surface area (Å²) in [6.07, 6.45) is 2.45. The average Bonchev–Trinajstić information content (AvgIpc) is 3.08. The van der Waals surface area contributed by atoms with Crippen molar-refractivity contribution in [3.05, 3.63) is 58.7 Å². The molecule has 0 N–H and O–H groups in total. The number of rotatable bonds is 4. The zero-order valence-electron chi connectivity index (χ0n) is 17.2. The summed E-state index contributed by atoms with van der Waals surface area (Å²) in [5, 5.41) is 0. The molecule has 0 aliphatic carbocycles. The Kier molecular flexibility index (Phi) is 4.75. The number of aryl methyl sites for hydroxylation is 3. The van der Waals surface area contributed by atoms with Gasteiger partial charge in [0.05, 0.1) is 0 Å². The van der Waals surface area contributed by atoms with Crippen molar-refractivity contribution in [2.45, 2.75) is 71.0 Å². The van der Waals surface area contributed by atoms with Crippen molar-refractivity contribution >= 4 is 11.6 Å². The molecule has 2 aromatic rings. The van der Waals surface area contributed by atoms with Crippen LogP contribution in [0.5, 0.6) is 0 Å². The van der Waals surface area contributed by atoms with Gasteiger partial charge in [-0.05, 0) is 67.3 Å². The van der Waals surface area contributed by atoms with Gasteiger partial charge < -0.3 is 4.74 Å². The fraction of sp³-hybridized carbons (Fsp3) is 0.440. The maximum absolute atomic E-state index is 13.3. The second kappa shape index (κ2) is 6.97. The van der Waals surface area contributed by atoms with Crippen LogP contribution in [-0.4, -0.2) is 23.3 Å². The van der Waals surface area contributed by atoms with E-state index < -0.39 is 17.6 Å². The Morgan fingerprint density at radius 3 is 2.18 bits per heavy atom. The lowest BCUT2D eigenvalue weighted by Gasteiger charge is -2.35. The summed E-state index contributed by atoms with van der Waals surface area (Å²) in [7, 11) is 0. The second-order valence-electron chi connectivity index (χ2n) is 8.36. The topological polar surface area (TPSA) is 43.4 Å². The van der Waals surface area contributed by atoms with Gasteiger partial charge >= 0.3 is 0 Å². The lowest BCUT2D eigenvalue weighted by atomic mass is 9.76. The van der Waals surface area contributed by atoms with Crippen LogP contribution in [-0.2, 0) is 27.2 Å². The van der Waals surface area contributed by atoms with Crippen molar-refractivity contribution in [2.24, 2.45) is 0 Å². The fourth-order valence-electron chi connectivity index (χ4n) is 4.76. The van der Waals surface area contributed by atoms with Gasteiger partial charge in [-0.3, -0.25) is 9.59 Å². The number of ketones is 2. The van der Waals surface area contributed by atoms with E-state index in [0.717, 1.165) is 35.1 Å². The predicted molar refractivity (Wildman–Crippen MR) is 111 cm³/mol. The van der Waals surface area contributed by atoms with E-state index >= 15 is 0 Å². The van der Waals surface area contributed by atoms with Gasteiger partial charge in [0.2, 0.25) is 0 Å². The van der Waals surface area contributed by atoms with Gasteiger partial charge in [0.1, 0.15) is 17.6 Å². The Morgan fingerprint density at radius 1 is 1.00 bits per heavy atom. The molecule has 2 saturated heterocycles. The van der Waals surface area contributed by atoms with Crippen molar-refractivity contribution in [1.29, 1.82) is 0 Å². The Morgan fingerprint density at radius 2 is 1.61 bits per heavy atom. The Balaban J connectivity index is 1.86. The van der Waals surface area contributed by atoms with E-state index in [1.165, 1.54) is 11.1 Å². The molecule has 0 radical (unpaired) electrons. The highest BCUT2D eigenvalue weighted by atomic mass is 16.5. The molecule has 0 amide bonds. The molecule has 4 rings (SSSR count). The third-order valence-electron chi connectivity index (χ3n) is 6.46. The normalized spacial score (nSPS) is 26.7. The third-order valence-corrected chi connectivity index (χ3v) is 6.46. The van der Waals surface area contributed by atoms with Crippen LogP contribution in [0.15, 0.2) is 36.4 Å². The van der Waals surface area contributed by atoms with Gasteiger partial charge in [-0.2, -0.15) is 0 Å². The average molecular weight is 376 g/mol. The van der Waals surface area contributed by atoms with Crippen molar-refractivity contribution in [2.75, 3.05) is 0 Å². The molecule has 0 aromatic heterocycles. The quantitative estimate of drug-likeness (QED) is 0.709. The molecule has 2 bridgehead atoms. The van der Waals surface area contributed by atoms with E-state index in [2.05, 4.69) is 57.2 Å². The fourth-order valence-corrected chi connectivity index (χ4v) is 4.76. The van der Waals surface area contributed by atoms with Crippen LogP contribution in [0.3, 0.4) is 0 Å². The molecule has 1 unspecified atom stereocenters. The molecule has 2 aromatic carbocycles. The third kappa shape index (κ3) is 2.93. The van der Waals surface area contributed by atoms with E-state index in [0.29, 0.717) is 12.8 Å². The number of ether oxygens (including phenoxy) is 1. The number of carbonyl (C=O) groups excluding carboxylic acids is 2. The summed E-state index contributed by atoms with van der Waals surface area (Å²) >= 11 is 0. The molecular formula is C25H28O3. The van der Waals surface area contributed by atoms with E-state index in [1.54, 1.807) is 0 Å². The van der Waals surface area contributed by atoms with Crippen LogP contribution in [0, 0.1) is 6.92 Å². The highest BCUT2D eigenvalue weighted by Gasteiger charge is 2.56. The number of hydrogen-bond donors (Lipinski definition) is 0. The van der Waals surface area contributed by atoms with Gasteiger partial charge in [0.15, 0.2) is 11.6 Å². The van der Waals surface area contributed by atoms with Crippen molar-refractivity contribution < 1.29 is 14.3 Å². The number of fused-ring (bicyclic) bond motifs is 2. The van der Waals surface area contributed by atoms with Gasteiger partial charge in [-0.15, -0.1) is 0 Å². The molecule has 3 atom stereocenters. The summed E-state index contributed by atoms with van der Waals surface area (Å²) in [5.74, 6) is -0.783. The SMILES string of the molecule is CCc1cc(-c2ccc(C)cc2)cc(CC)c1C1C(=O)[C@@H]2CC[C@@](C)(O2)C1=O. The lowest BCUT2D eigenvalue weighted by Crippen LogP contribution is -2.49. The number of carbonyl (C=O) groups is 2. The van der Waals surface area contributed by atoms with Crippen molar-refractivity contribution in [1.82, 2.24) is 0 Å². The second-order valence-corrected chi connectivity index (χ2v) is 8.36. The summed E-state index contributed by atoms with van der Waals surface area (Å²) in [6, 6.07) is 12.8. The van der Waals surface area contributed by atoms with Crippen LogP contribution in [0.4, 0.5) is 0 Å². The van der Waals surface area contributed by atoms with Crippen LogP contribution in [0.2, 0.25) is 0 Å². The molecule has 0 spiro atoms.